The van der Waals surface area contributed by atoms with E-state index in [4.69, 9.17) is 0 Å². The fourth-order valence-electron chi connectivity index (χ4n) is 4.95. The zero-order chi connectivity index (χ0) is 21.9. The van der Waals surface area contributed by atoms with Crippen LogP contribution in [0.25, 0.3) is 10.9 Å². The highest BCUT2D eigenvalue weighted by atomic mass is 16.2. The topological polar surface area (TPSA) is 67.2 Å². The smallest absolute Gasteiger partial charge is 0.261 e. The van der Waals surface area contributed by atoms with Gasteiger partial charge in [0, 0.05) is 36.6 Å². The standard InChI is InChI=1S/C24H36N4O2/c1-6-7-13-28(18-15-23(2,3)26-24(4,5)16-18)21(29)12-14-27-17-25-20-11-9-8-10-19(20)22(27)30/h8-11,17-18,26H,6-7,12-16H2,1-5H3. The molecule has 0 saturated carbocycles. The van der Waals surface area contributed by atoms with Crippen LogP contribution in [0.4, 0.5) is 0 Å². The lowest BCUT2D eigenvalue weighted by Gasteiger charge is -2.49. The number of fused-ring (bicyclic) bond motifs is 1. The average molecular weight is 413 g/mol. The van der Waals surface area contributed by atoms with Crippen LogP contribution in [-0.4, -0.2) is 44.0 Å². The van der Waals surface area contributed by atoms with E-state index in [1.807, 2.05) is 18.2 Å². The largest absolute Gasteiger partial charge is 0.340 e. The number of hydrogen-bond acceptors (Lipinski definition) is 4. The highest BCUT2D eigenvalue weighted by Gasteiger charge is 2.40. The van der Waals surface area contributed by atoms with E-state index in [1.54, 1.807) is 17.0 Å². The molecule has 1 aromatic heterocycles. The van der Waals surface area contributed by atoms with Gasteiger partial charge < -0.3 is 10.2 Å². The van der Waals surface area contributed by atoms with Gasteiger partial charge in [0.25, 0.3) is 5.56 Å². The molecule has 1 saturated heterocycles. The van der Waals surface area contributed by atoms with E-state index in [0.717, 1.165) is 32.2 Å². The molecule has 0 atom stereocenters. The monoisotopic (exact) mass is 412 g/mol. The summed E-state index contributed by atoms with van der Waals surface area (Å²) >= 11 is 0. The van der Waals surface area contributed by atoms with Gasteiger partial charge in [-0.1, -0.05) is 25.5 Å². The highest BCUT2D eigenvalue weighted by Crippen LogP contribution is 2.32. The summed E-state index contributed by atoms with van der Waals surface area (Å²) in [5.41, 5.74) is 0.568. The second-order valence-electron chi connectivity index (χ2n) is 9.91. The molecule has 6 heteroatoms. The second kappa shape index (κ2) is 8.88. The minimum atomic E-state index is -0.0855. The van der Waals surface area contributed by atoms with Gasteiger partial charge in [0.1, 0.15) is 0 Å². The predicted molar refractivity (Wildman–Crippen MR) is 122 cm³/mol. The quantitative estimate of drug-likeness (QED) is 0.753. The number of carbonyl (C=O) groups excluding carboxylic acids is 1. The fraction of sp³-hybridized carbons (Fsp3) is 0.625. The summed E-state index contributed by atoms with van der Waals surface area (Å²) in [4.78, 5) is 32.5. The number of nitrogens with one attached hydrogen (secondary N) is 1. The number of unbranched alkanes of at least 4 members (excludes halogenated alkanes) is 1. The third-order valence-corrected chi connectivity index (χ3v) is 5.98. The predicted octanol–water partition coefficient (Wildman–Crippen LogP) is 3.72. The molecule has 0 aliphatic carbocycles. The normalized spacial score (nSPS) is 18.4. The number of piperidine rings is 1. The van der Waals surface area contributed by atoms with Crippen LogP contribution in [0.15, 0.2) is 35.4 Å². The molecule has 164 valence electrons. The summed E-state index contributed by atoms with van der Waals surface area (Å²) in [6.45, 7) is 12.1. The molecule has 6 nitrogen and oxygen atoms in total. The van der Waals surface area contributed by atoms with Crippen molar-refractivity contribution in [1.29, 1.82) is 0 Å². The van der Waals surface area contributed by atoms with Crippen LogP contribution in [-0.2, 0) is 11.3 Å². The van der Waals surface area contributed by atoms with Crippen LogP contribution < -0.4 is 10.9 Å². The maximum absolute atomic E-state index is 13.3. The van der Waals surface area contributed by atoms with Crippen molar-refractivity contribution < 1.29 is 4.79 Å². The number of aryl methyl sites for hydroxylation is 1. The molecular formula is C24H36N4O2. The van der Waals surface area contributed by atoms with Crippen LogP contribution in [0.5, 0.6) is 0 Å². The van der Waals surface area contributed by atoms with Gasteiger partial charge in [-0.05, 0) is 59.1 Å². The van der Waals surface area contributed by atoms with Crippen LogP contribution in [0.1, 0.15) is 66.7 Å². The fourth-order valence-corrected chi connectivity index (χ4v) is 4.95. The number of nitrogens with zero attached hydrogens (tertiary/aromatic N) is 3. The highest BCUT2D eigenvalue weighted by molar-refractivity contribution is 5.78. The minimum absolute atomic E-state index is 0.0175. The Kier molecular flexibility index (Phi) is 6.65. The second-order valence-corrected chi connectivity index (χ2v) is 9.91. The molecular weight excluding hydrogens is 376 g/mol. The molecule has 0 bridgehead atoms. The lowest BCUT2D eigenvalue weighted by molar-refractivity contribution is -0.135. The van der Waals surface area contributed by atoms with Gasteiger partial charge in [-0.3, -0.25) is 14.2 Å². The molecule has 2 heterocycles. The molecule has 30 heavy (non-hydrogen) atoms. The third-order valence-electron chi connectivity index (χ3n) is 5.98. The van der Waals surface area contributed by atoms with Crippen LogP contribution in [0, 0.1) is 0 Å². The summed E-state index contributed by atoms with van der Waals surface area (Å²) < 4.78 is 1.56. The first-order valence-electron chi connectivity index (χ1n) is 11.1. The Morgan fingerprint density at radius 2 is 1.87 bits per heavy atom. The molecule has 3 rings (SSSR count). The van der Waals surface area contributed by atoms with E-state index in [-0.39, 0.29) is 28.6 Å². The molecule has 1 N–H and O–H groups in total. The molecule has 1 fully saturated rings. The van der Waals surface area contributed by atoms with Crippen molar-refractivity contribution in [3.05, 3.63) is 40.9 Å². The zero-order valence-corrected chi connectivity index (χ0v) is 19.1. The van der Waals surface area contributed by atoms with Crippen molar-refractivity contribution in [2.45, 2.75) is 90.4 Å². The van der Waals surface area contributed by atoms with E-state index in [1.165, 1.54) is 0 Å². The van der Waals surface area contributed by atoms with Gasteiger partial charge >= 0.3 is 0 Å². The number of carbonyl (C=O) groups is 1. The number of aromatic nitrogens is 2. The Hall–Kier alpha value is -2.21. The Balaban J connectivity index is 1.76. The molecule has 1 aliphatic heterocycles. The lowest BCUT2D eigenvalue weighted by atomic mass is 9.79. The zero-order valence-electron chi connectivity index (χ0n) is 19.1. The number of para-hydroxylation sites is 1. The summed E-state index contributed by atoms with van der Waals surface area (Å²) in [5.74, 6) is 0.127. The molecule has 0 spiro atoms. The SMILES string of the molecule is CCCCN(C(=O)CCn1cnc2ccccc2c1=O)C1CC(C)(C)NC(C)(C)C1. The van der Waals surface area contributed by atoms with Crippen molar-refractivity contribution in [3.8, 4) is 0 Å². The van der Waals surface area contributed by atoms with Crippen molar-refractivity contribution in [3.63, 3.8) is 0 Å². The summed E-state index contributed by atoms with van der Waals surface area (Å²) in [6, 6.07) is 7.54. The summed E-state index contributed by atoms with van der Waals surface area (Å²) in [5, 5.41) is 4.30. The van der Waals surface area contributed by atoms with Gasteiger partial charge in [-0.25, -0.2) is 4.98 Å². The maximum atomic E-state index is 13.3. The number of amides is 1. The van der Waals surface area contributed by atoms with Gasteiger partial charge in [-0.15, -0.1) is 0 Å². The molecule has 1 amide bonds. The number of hydrogen-bond donors (Lipinski definition) is 1. The van der Waals surface area contributed by atoms with E-state index < -0.39 is 0 Å². The summed E-state index contributed by atoms with van der Waals surface area (Å²) in [6.07, 6.45) is 5.79. The van der Waals surface area contributed by atoms with Crippen LogP contribution in [0.3, 0.4) is 0 Å². The van der Waals surface area contributed by atoms with E-state index >= 15 is 0 Å². The molecule has 1 aliphatic rings. The molecule has 1 aromatic carbocycles. The van der Waals surface area contributed by atoms with E-state index in [9.17, 15) is 9.59 Å². The van der Waals surface area contributed by atoms with Gasteiger partial charge in [-0.2, -0.15) is 0 Å². The maximum Gasteiger partial charge on any atom is 0.261 e. The molecule has 0 radical (unpaired) electrons. The number of rotatable bonds is 7. The minimum Gasteiger partial charge on any atom is -0.340 e. The Morgan fingerprint density at radius 3 is 2.53 bits per heavy atom. The van der Waals surface area contributed by atoms with E-state index in [2.05, 4.69) is 49.8 Å². The van der Waals surface area contributed by atoms with Gasteiger partial charge in [0.2, 0.25) is 5.91 Å². The van der Waals surface area contributed by atoms with E-state index in [0.29, 0.717) is 23.9 Å². The summed E-state index contributed by atoms with van der Waals surface area (Å²) in [7, 11) is 0. The van der Waals surface area contributed by atoms with Crippen molar-refractivity contribution in [2.24, 2.45) is 0 Å². The molecule has 0 unspecified atom stereocenters. The average Bonchev–Trinajstić information content (AvgIpc) is 2.65. The lowest BCUT2D eigenvalue weighted by Crippen LogP contribution is -2.63. The van der Waals surface area contributed by atoms with Crippen molar-refractivity contribution in [1.82, 2.24) is 19.8 Å². The van der Waals surface area contributed by atoms with Crippen molar-refractivity contribution >= 4 is 16.8 Å². The first kappa shape index (κ1) is 22.5. The van der Waals surface area contributed by atoms with Gasteiger partial charge in [0.15, 0.2) is 0 Å². The number of benzene rings is 1. The Labute approximate surface area is 179 Å². The Bertz CT molecular complexity index is 932. The first-order chi connectivity index (χ1) is 14.1. The molecule has 2 aromatic rings. The van der Waals surface area contributed by atoms with Crippen molar-refractivity contribution in [2.75, 3.05) is 6.54 Å². The third kappa shape index (κ3) is 5.28. The van der Waals surface area contributed by atoms with Crippen LogP contribution >= 0.6 is 0 Å². The van der Waals surface area contributed by atoms with Gasteiger partial charge in [0.05, 0.1) is 17.2 Å². The first-order valence-corrected chi connectivity index (χ1v) is 11.1. The van der Waals surface area contributed by atoms with Crippen LogP contribution in [0.2, 0.25) is 0 Å². The Morgan fingerprint density at radius 1 is 1.20 bits per heavy atom.